The molecule has 2 fully saturated rings. The summed E-state index contributed by atoms with van der Waals surface area (Å²) in [5, 5.41) is 3.78. The maximum Gasteiger partial charge on any atom is 0.0198 e. The van der Waals surface area contributed by atoms with Crippen LogP contribution in [0.1, 0.15) is 46.5 Å². The van der Waals surface area contributed by atoms with Gasteiger partial charge < -0.3 is 5.32 Å². The Morgan fingerprint density at radius 2 is 2.06 bits per heavy atom. The molecule has 0 radical (unpaired) electrons. The van der Waals surface area contributed by atoms with Crippen LogP contribution in [-0.2, 0) is 0 Å². The topological polar surface area (TPSA) is 15.3 Å². The minimum Gasteiger partial charge on any atom is -0.312 e. The van der Waals surface area contributed by atoms with Crippen LogP contribution in [0, 0.1) is 11.8 Å². The number of nitrogens with zero attached hydrogens (tertiary/aromatic N) is 1. The van der Waals surface area contributed by atoms with Crippen molar-refractivity contribution >= 4 is 0 Å². The number of piperidine rings is 1. The summed E-state index contributed by atoms with van der Waals surface area (Å²) in [6.07, 6.45) is 5.58. The molecule has 1 aliphatic heterocycles. The van der Waals surface area contributed by atoms with E-state index < -0.39 is 0 Å². The van der Waals surface area contributed by atoms with E-state index >= 15 is 0 Å². The van der Waals surface area contributed by atoms with Gasteiger partial charge in [-0.15, -0.1) is 0 Å². The highest BCUT2D eigenvalue weighted by atomic mass is 15.2. The maximum absolute atomic E-state index is 3.78. The van der Waals surface area contributed by atoms with Crippen LogP contribution in [0.25, 0.3) is 0 Å². The molecule has 1 aliphatic carbocycles. The Morgan fingerprint density at radius 1 is 1.31 bits per heavy atom. The van der Waals surface area contributed by atoms with Gasteiger partial charge in [0.1, 0.15) is 0 Å². The molecular weight excluding hydrogens is 196 g/mol. The second-order valence-electron chi connectivity index (χ2n) is 6.10. The summed E-state index contributed by atoms with van der Waals surface area (Å²) in [6.45, 7) is 10.9. The predicted molar refractivity (Wildman–Crippen MR) is 69.6 cm³/mol. The largest absolute Gasteiger partial charge is 0.312 e. The van der Waals surface area contributed by atoms with Crippen molar-refractivity contribution in [1.82, 2.24) is 10.2 Å². The van der Waals surface area contributed by atoms with Gasteiger partial charge in [-0.1, -0.05) is 13.8 Å². The van der Waals surface area contributed by atoms with Crippen molar-refractivity contribution in [2.24, 2.45) is 11.8 Å². The quantitative estimate of drug-likeness (QED) is 0.772. The number of likely N-dealkylation sites (tertiary alicyclic amines) is 1. The molecule has 3 unspecified atom stereocenters. The summed E-state index contributed by atoms with van der Waals surface area (Å²) in [4.78, 5) is 2.68. The van der Waals surface area contributed by atoms with E-state index in [1.54, 1.807) is 0 Å². The first kappa shape index (κ1) is 12.4. The van der Waals surface area contributed by atoms with Gasteiger partial charge in [0.05, 0.1) is 0 Å². The van der Waals surface area contributed by atoms with E-state index in [-0.39, 0.29) is 0 Å². The minimum absolute atomic E-state index is 0.748. The zero-order valence-corrected chi connectivity index (χ0v) is 11.2. The highest BCUT2D eigenvalue weighted by Crippen LogP contribution is 2.28. The molecule has 0 aromatic heterocycles. The van der Waals surface area contributed by atoms with Crippen molar-refractivity contribution < 1.29 is 0 Å². The van der Waals surface area contributed by atoms with Gasteiger partial charge in [0, 0.05) is 25.2 Å². The molecule has 0 aromatic rings. The molecule has 1 N–H and O–H groups in total. The molecule has 2 heteroatoms. The van der Waals surface area contributed by atoms with Crippen LogP contribution < -0.4 is 5.32 Å². The van der Waals surface area contributed by atoms with E-state index in [2.05, 4.69) is 31.0 Å². The zero-order chi connectivity index (χ0) is 11.5. The van der Waals surface area contributed by atoms with Crippen molar-refractivity contribution in [2.45, 2.75) is 58.5 Å². The van der Waals surface area contributed by atoms with Crippen molar-refractivity contribution in [3.05, 3.63) is 0 Å². The van der Waals surface area contributed by atoms with Gasteiger partial charge in [-0.2, -0.15) is 0 Å². The van der Waals surface area contributed by atoms with Crippen LogP contribution in [0.2, 0.25) is 0 Å². The third-order valence-corrected chi connectivity index (χ3v) is 4.29. The predicted octanol–water partition coefficient (Wildman–Crippen LogP) is 2.49. The molecule has 2 rings (SSSR count). The van der Waals surface area contributed by atoms with Gasteiger partial charge in [-0.05, 0) is 51.0 Å². The summed E-state index contributed by atoms with van der Waals surface area (Å²) < 4.78 is 0. The summed E-state index contributed by atoms with van der Waals surface area (Å²) in [5.74, 6) is 1.87. The Kier molecular flexibility index (Phi) is 4.26. The minimum atomic E-state index is 0.748. The average molecular weight is 224 g/mol. The Bertz CT molecular complexity index is 213. The van der Waals surface area contributed by atoms with Crippen molar-refractivity contribution in [3.8, 4) is 0 Å². The monoisotopic (exact) mass is 224 g/mol. The van der Waals surface area contributed by atoms with Gasteiger partial charge in [0.2, 0.25) is 0 Å². The molecule has 0 aromatic carbocycles. The molecule has 94 valence electrons. The van der Waals surface area contributed by atoms with Gasteiger partial charge in [0.15, 0.2) is 0 Å². The molecule has 2 aliphatic rings. The zero-order valence-electron chi connectivity index (χ0n) is 11.2. The number of rotatable bonds is 5. The highest BCUT2D eigenvalue weighted by Gasteiger charge is 2.28. The molecule has 3 atom stereocenters. The van der Waals surface area contributed by atoms with Gasteiger partial charge >= 0.3 is 0 Å². The second-order valence-corrected chi connectivity index (χ2v) is 6.10. The van der Waals surface area contributed by atoms with Gasteiger partial charge in [-0.25, -0.2) is 0 Å². The van der Waals surface area contributed by atoms with E-state index in [0.29, 0.717) is 0 Å². The van der Waals surface area contributed by atoms with Gasteiger partial charge in [-0.3, -0.25) is 4.90 Å². The fraction of sp³-hybridized carbons (Fsp3) is 1.00. The lowest BCUT2D eigenvalue weighted by Gasteiger charge is -2.40. The molecule has 1 heterocycles. The number of hydrogen-bond donors (Lipinski definition) is 1. The third-order valence-electron chi connectivity index (χ3n) is 4.29. The van der Waals surface area contributed by atoms with Crippen molar-refractivity contribution in [1.29, 1.82) is 0 Å². The Hall–Kier alpha value is -0.0800. The Labute approximate surface area is 101 Å². The summed E-state index contributed by atoms with van der Waals surface area (Å²) >= 11 is 0. The van der Waals surface area contributed by atoms with E-state index in [1.165, 1.54) is 45.3 Å². The van der Waals surface area contributed by atoms with Crippen LogP contribution in [0.15, 0.2) is 0 Å². The third kappa shape index (κ3) is 3.46. The van der Waals surface area contributed by atoms with E-state index in [0.717, 1.165) is 23.9 Å². The summed E-state index contributed by atoms with van der Waals surface area (Å²) in [6, 6.07) is 1.51. The van der Waals surface area contributed by atoms with Crippen LogP contribution in [-0.4, -0.2) is 36.6 Å². The van der Waals surface area contributed by atoms with E-state index in [1.807, 2.05) is 0 Å². The fourth-order valence-corrected chi connectivity index (χ4v) is 2.81. The molecule has 2 nitrogen and oxygen atoms in total. The second kappa shape index (κ2) is 5.50. The average Bonchev–Trinajstić information content (AvgIpc) is 3.08. The van der Waals surface area contributed by atoms with Crippen LogP contribution >= 0.6 is 0 Å². The first-order valence-electron chi connectivity index (χ1n) is 7.16. The fourth-order valence-electron chi connectivity index (χ4n) is 2.81. The Morgan fingerprint density at radius 3 is 2.69 bits per heavy atom. The molecule has 0 spiro atoms. The van der Waals surface area contributed by atoms with Crippen LogP contribution in [0.5, 0.6) is 0 Å². The summed E-state index contributed by atoms with van der Waals surface area (Å²) in [5.41, 5.74) is 0. The van der Waals surface area contributed by atoms with Crippen LogP contribution in [0.4, 0.5) is 0 Å². The summed E-state index contributed by atoms with van der Waals surface area (Å²) in [7, 11) is 0. The molecule has 1 saturated heterocycles. The first-order valence-corrected chi connectivity index (χ1v) is 7.16. The van der Waals surface area contributed by atoms with Gasteiger partial charge in [0.25, 0.3) is 0 Å². The smallest absolute Gasteiger partial charge is 0.0198 e. The van der Waals surface area contributed by atoms with E-state index in [4.69, 9.17) is 0 Å². The lowest BCUT2D eigenvalue weighted by molar-refractivity contribution is 0.108. The molecular formula is C14H28N2. The van der Waals surface area contributed by atoms with Crippen molar-refractivity contribution in [2.75, 3.05) is 19.6 Å². The lowest BCUT2D eigenvalue weighted by atomic mass is 9.94. The van der Waals surface area contributed by atoms with E-state index in [9.17, 15) is 0 Å². The standard InChI is InChI=1S/C14H28N2/c1-4-12(3)16-9-11(2)7-14(10-16)15-8-13-5-6-13/h11-15H,4-10H2,1-3H3. The SMILES string of the molecule is CCC(C)N1CC(C)CC(NCC2CC2)C1. The molecule has 16 heavy (non-hydrogen) atoms. The van der Waals surface area contributed by atoms with Crippen LogP contribution in [0.3, 0.4) is 0 Å². The first-order chi connectivity index (χ1) is 7.69. The van der Waals surface area contributed by atoms with Crippen molar-refractivity contribution in [3.63, 3.8) is 0 Å². The molecule has 1 saturated carbocycles. The lowest BCUT2D eigenvalue weighted by Crippen LogP contribution is -2.51. The normalized spacial score (nSPS) is 33.9. The highest BCUT2D eigenvalue weighted by molar-refractivity contribution is 4.86. The number of nitrogens with one attached hydrogen (secondary N) is 1. The maximum atomic E-state index is 3.78. The molecule has 0 amide bonds. The number of hydrogen-bond acceptors (Lipinski definition) is 2. The Balaban J connectivity index is 1.78. The molecule has 0 bridgehead atoms.